The van der Waals surface area contributed by atoms with E-state index in [0.29, 0.717) is 37.7 Å². The standard InChI is InChI=1S/C20H20F3N3O3S/c1-30-16-4-2-3-15(12-16)24-19(27)13-7-9-25(10-8-13)17-6-5-14(20(21,22)23)11-18(17)26(28)29/h2-6,11-13H,7-10H2,1H3,(H,24,27). The zero-order valence-electron chi connectivity index (χ0n) is 16.1. The van der Waals surface area contributed by atoms with Crippen LogP contribution < -0.4 is 10.2 Å². The topological polar surface area (TPSA) is 75.5 Å². The maximum Gasteiger partial charge on any atom is 0.416 e. The van der Waals surface area contributed by atoms with E-state index in [-0.39, 0.29) is 17.5 Å². The van der Waals surface area contributed by atoms with Crippen LogP contribution in [0.2, 0.25) is 0 Å². The molecule has 2 aromatic rings. The second kappa shape index (κ2) is 8.95. The van der Waals surface area contributed by atoms with Gasteiger partial charge in [0.15, 0.2) is 0 Å². The zero-order chi connectivity index (χ0) is 21.9. The Hall–Kier alpha value is -2.75. The molecule has 2 aromatic carbocycles. The monoisotopic (exact) mass is 439 g/mol. The van der Waals surface area contributed by atoms with E-state index in [4.69, 9.17) is 0 Å². The van der Waals surface area contributed by atoms with Crippen LogP contribution in [-0.2, 0) is 11.0 Å². The molecule has 0 aliphatic carbocycles. The highest BCUT2D eigenvalue weighted by Crippen LogP contribution is 2.37. The first kappa shape index (κ1) is 21.9. The summed E-state index contributed by atoms with van der Waals surface area (Å²) in [5.41, 5.74) is -0.798. The van der Waals surface area contributed by atoms with Crippen molar-refractivity contribution in [2.45, 2.75) is 23.9 Å². The molecule has 0 aromatic heterocycles. The van der Waals surface area contributed by atoms with Crippen molar-refractivity contribution in [3.63, 3.8) is 0 Å². The van der Waals surface area contributed by atoms with Crippen molar-refractivity contribution in [1.29, 1.82) is 0 Å². The van der Waals surface area contributed by atoms with Gasteiger partial charge in [0.05, 0.1) is 10.5 Å². The molecule has 0 radical (unpaired) electrons. The van der Waals surface area contributed by atoms with Gasteiger partial charge >= 0.3 is 6.18 Å². The second-order valence-electron chi connectivity index (χ2n) is 6.94. The van der Waals surface area contributed by atoms with Crippen LogP contribution in [0.1, 0.15) is 18.4 Å². The third kappa shape index (κ3) is 5.05. The van der Waals surface area contributed by atoms with Gasteiger partial charge in [0.2, 0.25) is 5.91 Å². The van der Waals surface area contributed by atoms with Gasteiger partial charge in [0.25, 0.3) is 5.69 Å². The van der Waals surface area contributed by atoms with Gasteiger partial charge in [0.1, 0.15) is 5.69 Å². The molecular formula is C20H20F3N3O3S. The molecule has 6 nitrogen and oxygen atoms in total. The third-order valence-electron chi connectivity index (χ3n) is 5.04. The van der Waals surface area contributed by atoms with Crippen molar-refractivity contribution in [1.82, 2.24) is 0 Å². The number of piperidine rings is 1. The number of nitro benzene ring substituents is 1. The van der Waals surface area contributed by atoms with E-state index in [1.807, 2.05) is 24.5 Å². The van der Waals surface area contributed by atoms with Crippen molar-refractivity contribution in [2.75, 3.05) is 29.6 Å². The maximum atomic E-state index is 12.9. The Morgan fingerprint density at radius 1 is 1.20 bits per heavy atom. The first-order valence-corrected chi connectivity index (χ1v) is 10.5. The van der Waals surface area contributed by atoms with Gasteiger partial charge in [-0.15, -0.1) is 11.8 Å². The zero-order valence-corrected chi connectivity index (χ0v) is 16.9. The number of nitrogens with one attached hydrogen (secondary N) is 1. The molecule has 3 rings (SSSR count). The Morgan fingerprint density at radius 2 is 1.90 bits per heavy atom. The molecule has 0 unspecified atom stereocenters. The van der Waals surface area contributed by atoms with Gasteiger partial charge in [-0.25, -0.2) is 0 Å². The molecule has 0 atom stereocenters. The fraction of sp³-hybridized carbons (Fsp3) is 0.350. The number of carbonyl (C=O) groups excluding carboxylic acids is 1. The minimum atomic E-state index is -4.65. The van der Waals surface area contributed by atoms with Crippen LogP contribution in [0.4, 0.5) is 30.2 Å². The number of benzene rings is 2. The molecule has 1 heterocycles. The van der Waals surface area contributed by atoms with Gasteiger partial charge in [-0.3, -0.25) is 14.9 Å². The number of rotatable bonds is 5. The SMILES string of the molecule is CSc1cccc(NC(=O)C2CCN(c3ccc(C(F)(F)F)cc3[N+](=O)[O-])CC2)c1. The highest BCUT2D eigenvalue weighted by atomic mass is 32.2. The number of carbonyl (C=O) groups is 1. The van der Waals surface area contributed by atoms with Crippen LogP contribution >= 0.6 is 11.8 Å². The summed E-state index contributed by atoms with van der Waals surface area (Å²) in [7, 11) is 0. The fourth-order valence-corrected chi connectivity index (χ4v) is 3.90. The van der Waals surface area contributed by atoms with Crippen molar-refractivity contribution < 1.29 is 22.9 Å². The summed E-state index contributed by atoms with van der Waals surface area (Å²) in [6, 6.07) is 10.0. The molecule has 1 aliphatic heterocycles. The highest BCUT2D eigenvalue weighted by Gasteiger charge is 2.34. The quantitative estimate of drug-likeness (QED) is 0.394. The van der Waals surface area contributed by atoms with E-state index in [9.17, 15) is 28.1 Å². The molecule has 1 amide bonds. The predicted molar refractivity (Wildman–Crippen MR) is 110 cm³/mol. The lowest BCUT2D eigenvalue weighted by molar-refractivity contribution is -0.384. The Bertz CT molecular complexity index is 944. The Morgan fingerprint density at radius 3 is 2.50 bits per heavy atom. The fourth-order valence-electron chi connectivity index (χ4n) is 3.44. The van der Waals surface area contributed by atoms with Gasteiger partial charge in [-0.2, -0.15) is 13.2 Å². The molecule has 0 spiro atoms. The molecule has 10 heteroatoms. The number of nitrogens with zero attached hydrogens (tertiary/aromatic N) is 2. The maximum absolute atomic E-state index is 12.9. The third-order valence-corrected chi connectivity index (χ3v) is 5.77. The molecule has 160 valence electrons. The summed E-state index contributed by atoms with van der Waals surface area (Å²) in [5, 5.41) is 14.2. The largest absolute Gasteiger partial charge is 0.416 e. The number of hydrogen-bond acceptors (Lipinski definition) is 5. The van der Waals surface area contributed by atoms with Gasteiger partial charge in [-0.05, 0) is 49.4 Å². The predicted octanol–water partition coefficient (Wildman–Crippen LogP) is 5.19. The number of thioether (sulfide) groups is 1. The Balaban J connectivity index is 1.67. The summed E-state index contributed by atoms with van der Waals surface area (Å²) < 4.78 is 38.7. The molecule has 1 saturated heterocycles. The molecule has 0 saturated carbocycles. The molecule has 1 fully saturated rings. The number of alkyl halides is 3. The van der Waals surface area contributed by atoms with Crippen molar-refractivity contribution in [3.8, 4) is 0 Å². The van der Waals surface area contributed by atoms with Crippen LogP contribution in [0.25, 0.3) is 0 Å². The van der Waals surface area contributed by atoms with Crippen molar-refractivity contribution in [2.24, 2.45) is 5.92 Å². The van der Waals surface area contributed by atoms with Crippen LogP contribution in [0, 0.1) is 16.0 Å². The first-order valence-electron chi connectivity index (χ1n) is 9.24. The molecular weight excluding hydrogens is 419 g/mol. The normalized spacial score (nSPS) is 15.1. The lowest BCUT2D eigenvalue weighted by Crippen LogP contribution is -2.38. The van der Waals surface area contributed by atoms with Crippen LogP contribution in [0.5, 0.6) is 0 Å². The summed E-state index contributed by atoms with van der Waals surface area (Å²) in [6.07, 6.45) is -1.81. The molecule has 0 bridgehead atoms. The van der Waals surface area contributed by atoms with Crippen molar-refractivity contribution in [3.05, 3.63) is 58.1 Å². The van der Waals surface area contributed by atoms with Gasteiger partial charge in [0, 0.05) is 35.7 Å². The first-order chi connectivity index (χ1) is 14.2. The number of halogens is 3. The summed E-state index contributed by atoms with van der Waals surface area (Å²) >= 11 is 1.57. The van der Waals surface area contributed by atoms with Crippen LogP contribution in [0.15, 0.2) is 47.4 Å². The average Bonchev–Trinajstić information content (AvgIpc) is 2.73. The van der Waals surface area contributed by atoms with E-state index in [1.165, 1.54) is 0 Å². The van der Waals surface area contributed by atoms with E-state index in [2.05, 4.69) is 5.32 Å². The van der Waals surface area contributed by atoms with Crippen LogP contribution in [0.3, 0.4) is 0 Å². The Labute approximate surface area is 175 Å². The second-order valence-corrected chi connectivity index (χ2v) is 7.82. The summed E-state index contributed by atoms with van der Waals surface area (Å²) in [6.45, 7) is 0.685. The number of nitro groups is 1. The summed E-state index contributed by atoms with van der Waals surface area (Å²) in [4.78, 5) is 25.8. The lowest BCUT2D eigenvalue weighted by Gasteiger charge is -2.32. The van der Waals surface area contributed by atoms with E-state index in [1.54, 1.807) is 22.7 Å². The molecule has 1 aliphatic rings. The number of amides is 1. The van der Waals surface area contributed by atoms with E-state index >= 15 is 0 Å². The average molecular weight is 439 g/mol. The van der Waals surface area contributed by atoms with Gasteiger partial charge in [-0.1, -0.05) is 6.07 Å². The summed E-state index contributed by atoms with van der Waals surface area (Å²) in [5.74, 6) is -0.400. The number of hydrogen-bond donors (Lipinski definition) is 1. The molecule has 1 N–H and O–H groups in total. The van der Waals surface area contributed by atoms with E-state index in [0.717, 1.165) is 17.0 Å². The van der Waals surface area contributed by atoms with E-state index < -0.39 is 22.4 Å². The minimum Gasteiger partial charge on any atom is -0.366 e. The smallest absolute Gasteiger partial charge is 0.366 e. The minimum absolute atomic E-state index is 0.130. The lowest BCUT2D eigenvalue weighted by atomic mass is 9.95. The van der Waals surface area contributed by atoms with Gasteiger partial charge < -0.3 is 10.2 Å². The number of anilines is 2. The van der Waals surface area contributed by atoms with Crippen molar-refractivity contribution >= 4 is 34.7 Å². The molecule has 30 heavy (non-hydrogen) atoms. The Kier molecular flexibility index (Phi) is 6.55. The van der Waals surface area contributed by atoms with Crippen LogP contribution in [-0.4, -0.2) is 30.2 Å². The highest BCUT2D eigenvalue weighted by molar-refractivity contribution is 7.98.